The fraction of sp³-hybridized carbons (Fsp3) is 0.333. The van der Waals surface area contributed by atoms with Gasteiger partial charge in [0, 0.05) is 48.3 Å². The number of halogens is 3. The molecule has 1 amide bonds. The second kappa shape index (κ2) is 7.38. The van der Waals surface area contributed by atoms with Crippen molar-refractivity contribution in [1.82, 2.24) is 20.0 Å². The Balaban J connectivity index is 1.61. The zero-order valence-corrected chi connectivity index (χ0v) is 15.9. The van der Waals surface area contributed by atoms with Crippen LogP contribution in [0.15, 0.2) is 24.4 Å². The molecule has 3 rings (SSSR count). The number of benzene rings is 1. The highest BCUT2D eigenvalue weighted by Gasteiger charge is 2.25. The molecule has 1 aromatic heterocycles. The van der Waals surface area contributed by atoms with E-state index in [4.69, 9.17) is 23.2 Å². The first-order chi connectivity index (χ1) is 11.1. The van der Waals surface area contributed by atoms with Crippen molar-refractivity contribution in [2.24, 2.45) is 0 Å². The van der Waals surface area contributed by atoms with E-state index in [2.05, 4.69) is 37.7 Å². The average molecular weight is 465 g/mol. The van der Waals surface area contributed by atoms with Crippen molar-refractivity contribution < 1.29 is 4.79 Å². The lowest BCUT2D eigenvalue weighted by atomic mass is 10.2. The highest BCUT2D eigenvalue weighted by Crippen LogP contribution is 2.26. The number of nitrogens with zero attached hydrogens (tertiary/aromatic N) is 3. The summed E-state index contributed by atoms with van der Waals surface area (Å²) < 4.78 is 0.845. The molecule has 1 fully saturated rings. The van der Waals surface area contributed by atoms with E-state index in [-0.39, 0.29) is 5.91 Å². The van der Waals surface area contributed by atoms with Crippen molar-refractivity contribution in [2.75, 3.05) is 26.2 Å². The molecule has 2 aromatic rings. The van der Waals surface area contributed by atoms with Crippen molar-refractivity contribution in [3.8, 4) is 0 Å². The lowest BCUT2D eigenvalue weighted by Gasteiger charge is -2.34. The summed E-state index contributed by atoms with van der Waals surface area (Å²) in [6, 6.07) is 5.54. The molecular formula is C15H15Cl2IN4O. The van der Waals surface area contributed by atoms with Gasteiger partial charge in [0.1, 0.15) is 5.69 Å². The molecule has 0 radical (unpaired) electrons. The maximum absolute atomic E-state index is 12.4. The Hall–Kier alpha value is -0.830. The van der Waals surface area contributed by atoms with Gasteiger partial charge in [0.05, 0.1) is 9.77 Å². The van der Waals surface area contributed by atoms with Crippen LogP contribution in [0, 0.1) is 3.57 Å². The van der Waals surface area contributed by atoms with Gasteiger partial charge in [0.25, 0.3) is 5.91 Å². The molecule has 0 bridgehead atoms. The molecule has 8 heteroatoms. The lowest BCUT2D eigenvalue weighted by molar-refractivity contribution is 0.0621. The largest absolute Gasteiger partial charge is 0.335 e. The highest BCUT2D eigenvalue weighted by molar-refractivity contribution is 14.1. The molecule has 0 atom stereocenters. The fourth-order valence-corrected chi connectivity index (χ4v) is 3.60. The van der Waals surface area contributed by atoms with Crippen LogP contribution in [0.3, 0.4) is 0 Å². The van der Waals surface area contributed by atoms with Crippen LogP contribution in [-0.4, -0.2) is 52.1 Å². The quantitative estimate of drug-likeness (QED) is 0.709. The average Bonchev–Trinajstić information content (AvgIpc) is 2.97. The number of amides is 1. The summed E-state index contributed by atoms with van der Waals surface area (Å²) in [4.78, 5) is 16.6. The van der Waals surface area contributed by atoms with Gasteiger partial charge in [-0.15, -0.1) is 0 Å². The van der Waals surface area contributed by atoms with Crippen LogP contribution >= 0.6 is 45.8 Å². The van der Waals surface area contributed by atoms with Crippen molar-refractivity contribution in [3.63, 3.8) is 0 Å². The van der Waals surface area contributed by atoms with Crippen LogP contribution in [-0.2, 0) is 6.54 Å². The third-order valence-corrected chi connectivity index (χ3v) is 5.44. The Kier molecular flexibility index (Phi) is 5.45. The number of carbonyl (C=O) groups excluding carboxylic acids is 1. The minimum atomic E-state index is 0.00215. The fourth-order valence-electron chi connectivity index (χ4n) is 2.60. The number of H-pyrrole nitrogens is 1. The molecule has 0 unspecified atom stereocenters. The molecule has 23 heavy (non-hydrogen) atoms. The normalized spacial score (nSPS) is 15.9. The maximum Gasteiger partial charge on any atom is 0.273 e. The number of piperazine rings is 1. The zero-order chi connectivity index (χ0) is 16.4. The van der Waals surface area contributed by atoms with Gasteiger partial charge >= 0.3 is 0 Å². The monoisotopic (exact) mass is 464 g/mol. The van der Waals surface area contributed by atoms with E-state index in [1.54, 1.807) is 6.20 Å². The van der Waals surface area contributed by atoms with Gasteiger partial charge in [-0.2, -0.15) is 5.10 Å². The third kappa shape index (κ3) is 3.81. The maximum atomic E-state index is 12.4. The predicted molar refractivity (Wildman–Crippen MR) is 98.9 cm³/mol. The van der Waals surface area contributed by atoms with Gasteiger partial charge in [-0.25, -0.2) is 0 Å². The van der Waals surface area contributed by atoms with Crippen molar-refractivity contribution in [2.45, 2.75) is 6.54 Å². The summed E-state index contributed by atoms with van der Waals surface area (Å²) in [6.07, 6.45) is 1.66. The van der Waals surface area contributed by atoms with Gasteiger partial charge < -0.3 is 4.90 Å². The third-order valence-electron chi connectivity index (χ3n) is 3.91. The number of hydrogen-bond donors (Lipinski definition) is 1. The number of rotatable bonds is 3. The Morgan fingerprint density at radius 1 is 1.22 bits per heavy atom. The van der Waals surface area contributed by atoms with Crippen LogP contribution in [0.2, 0.25) is 10.0 Å². The van der Waals surface area contributed by atoms with Gasteiger partial charge in [-0.05, 0) is 34.7 Å². The van der Waals surface area contributed by atoms with Gasteiger partial charge in [0.15, 0.2) is 0 Å². The van der Waals surface area contributed by atoms with E-state index in [0.717, 1.165) is 22.2 Å². The molecule has 1 aliphatic rings. The lowest BCUT2D eigenvalue weighted by Crippen LogP contribution is -2.48. The second-order valence-corrected chi connectivity index (χ2v) is 7.34. The minimum Gasteiger partial charge on any atom is -0.335 e. The molecular weight excluding hydrogens is 450 g/mol. The Morgan fingerprint density at radius 3 is 2.43 bits per heavy atom. The molecule has 1 saturated heterocycles. The van der Waals surface area contributed by atoms with Crippen molar-refractivity contribution in [3.05, 3.63) is 49.3 Å². The first-order valence-electron chi connectivity index (χ1n) is 7.19. The second-order valence-electron chi connectivity index (χ2n) is 5.36. The Bertz CT molecular complexity index is 693. The number of carbonyl (C=O) groups is 1. The molecule has 122 valence electrons. The van der Waals surface area contributed by atoms with E-state index in [0.29, 0.717) is 35.4 Å². The van der Waals surface area contributed by atoms with Crippen LogP contribution in [0.25, 0.3) is 0 Å². The van der Waals surface area contributed by atoms with Crippen LogP contribution in [0.1, 0.15) is 16.1 Å². The molecule has 0 saturated carbocycles. The smallest absolute Gasteiger partial charge is 0.273 e. The van der Waals surface area contributed by atoms with Gasteiger partial charge in [-0.1, -0.05) is 29.3 Å². The number of hydrogen-bond acceptors (Lipinski definition) is 3. The Labute approximate surface area is 158 Å². The van der Waals surface area contributed by atoms with Crippen LogP contribution in [0.4, 0.5) is 0 Å². The zero-order valence-electron chi connectivity index (χ0n) is 12.2. The standard InChI is InChI=1S/C15H15Cl2IN4O/c16-11-2-1-3-12(17)10(11)9-21-4-6-22(7-5-21)15(23)14-13(18)8-19-20-14/h1-3,8H,4-7,9H2,(H,19,20). The molecule has 5 nitrogen and oxygen atoms in total. The SMILES string of the molecule is O=C(c1[nH]ncc1I)N1CCN(Cc2c(Cl)cccc2Cl)CC1. The molecule has 0 aliphatic carbocycles. The summed E-state index contributed by atoms with van der Waals surface area (Å²) in [5.41, 5.74) is 1.51. The topological polar surface area (TPSA) is 52.2 Å². The number of aromatic amines is 1. The van der Waals surface area contributed by atoms with Crippen molar-refractivity contribution >= 4 is 51.7 Å². The minimum absolute atomic E-state index is 0.00215. The van der Waals surface area contributed by atoms with E-state index in [1.807, 2.05) is 23.1 Å². The van der Waals surface area contributed by atoms with E-state index in [1.165, 1.54) is 0 Å². The first kappa shape index (κ1) is 17.0. The first-order valence-corrected chi connectivity index (χ1v) is 9.03. The Morgan fingerprint density at radius 2 is 1.87 bits per heavy atom. The molecule has 1 aromatic carbocycles. The van der Waals surface area contributed by atoms with E-state index < -0.39 is 0 Å². The van der Waals surface area contributed by atoms with E-state index in [9.17, 15) is 4.79 Å². The number of nitrogens with one attached hydrogen (secondary N) is 1. The predicted octanol–water partition coefficient (Wildman–Crippen LogP) is 3.28. The van der Waals surface area contributed by atoms with Gasteiger partial charge in [-0.3, -0.25) is 14.8 Å². The highest BCUT2D eigenvalue weighted by atomic mass is 127. The van der Waals surface area contributed by atoms with Crippen LogP contribution in [0.5, 0.6) is 0 Å². The van der Waals surface area contributed by atoms with Crippen LogP contribution < -0.4 is 0 Å². The summed E-state index contributed by atoms with van der Waals surface area (Å²) in [7, 11) is 0. The molecule has 2 heterocycles. The van der Waals surface area contributed by atoms with Crippen molar-refractivity contribution in [1.29, 1.82) is 0 Å². The molecule has 1 N–H and O–H groups in total. The number of aromatic nitrogens is 2. The summed E-state index contributed by atoms with van der Waals surface area (Å²) in [5, 5.41) is 8.05. The summed E-state index contributed by atoms with van der Waals surface area (Å²) in [5.74, 6) is 0.00215. The summed E-state index contributed by atoms with van der Waals surface area (Å²) >= 11 is 14.6. The summed E-state index contributed by atoms with van der Waals surface area (Å²) in [6.45, 7) is 3.63. The van der Waals surface area contributed by atoms with E-state index >= 15 is 0 Å². The van der Waals surface area contributed by atoms with Gasteiger partial charge in [0.2, 0.25) is 0 Å². The molecule has 1 aliphatic heterocycles. The molecule has 0 spiro atoms.